The summed E-state index contributed by atoms with van der Waals surface area (Å²) < 4.78 is 0. The van der Waals surface area contributed by atoms with Crippen LogP contribution in [0.3, 0.4) is 0 Å². The van der Waals surface area contributed by atoms with E-state index in [2.05, 4.69) is 53.8 Å². The largest absolute Gasteiger partial charge is 0.357 e. The van der Waals surface area contributed by atoms with Gasteiger partial charge in [-0.3, -0.25) is 0 Å². The number of nitrogens with one attached hydrogen (secondary N) is 1. The van der Waals surface area contributed by atoms with Crippen molar-refractivity contribution in [3.8, 4) is 0 Å². The Kier molecular flexibility index (Phi) is 4.26. The number of fused-ring (bicyclic) bond motifs is 1. The average Bonchev–Trinajstić information content (AvgIpc) is 2.92. The Bertz CT molecular complexity index is 640. The summed E-state index contributed by atoms with van der Waals surface area (Å²) in [5.41, 5.74) is 0. The molecule has 0 aliphatic carbocycles. The van der Waals surface area contributed by atoms with Gasteiger partial charge < -0.3 is 10.2 Å². The van der Waals surface area contributed by atoms with Crippen LogP contribution in [0.1, 0.15) is 25.6 Å². The molecule has 1 saturated heterocycles. The predicted octanol–water partition coefficient (Wildman–Crippen LogP) is 3.63. The number of aryl methyl sites for hydroxylation is 1. The molecule has 6 heteroatoms. The molecule has 0 spiro atoms. The zero-order chi connectivity index (χ0) is 15.0. The third-order valence-corrected chi connectivity index (χ3v) is 6.66. The first-order valence-electron chi connectivity index (χ1n) is 7.50. The van der Waals surface area contributed by atoms with E-state index in [4.69, 9.17) is 4.98 Å². The molecule has 2 atom stereocenters. The summed E-state index contributed by atoms with van der Waals surface area (Å²) in [4.78, 5) is 14.3. The maximum atomic E-state index is 4.78. The molecule has 0 aromatic carbocycles. The quantitative estimate of drug-likeness (QED) is 0.934. The van der Waals surface area contributed by atoms with Crippen molar-refractivity contribution < 1.29 is 0 Å². The lowest BCUT2D eigenvalue weighted by molar-refractivity contribution is 0.622. The minimum Gasteiger partial charge on any atom is -0.357 e. The Morgan fingerprint density at radius 1 is 1.38 bits per heavy atom. The van der Waals surface area contributed by atoms with Gasteiger partial charge in [-0.1, -0.05) is 13.8 Å². The van der Waals surface area contributed by atoms with E-state index in [-0.39, 0.29) is 0 Å². The summed E-state index contributed by atoms with van der Waals surface area (Å²) in [6.07, 6.45) is 1.05. The number of thiophene rings is 1. The summed E-state index contributed by atoms with van der Waals surface area (Å²) in [6, 6.07) is 2.77. The molecule has 2 aromatic rings. The molecule has 4 nitrogen and oxygen atoms in total. The summed E-state index contributed by atoms with van der Waals surface area (Å²) in [6.45, 7) is 7.86. The molecular weight excluding hydrogens is 300 g/mol. The lowest BCUT2D eigenvalue weighted by Crippen LogP contribution is -2.45. The normalized spacial score (nSPS) is 22.8. The van der Waals surface area contributed by atoms with Crippen LogP contribution in [0.5, 0.6) is 0 Å². The van der Waals surface area contributed by atoms with E-state index in [0.717, 1.165) is 35.3 Å². The Balaban J connectivity index is 2.12. The summed E-state index contributed by atoms with van der Waals surface area (Å²) in [7, 11) is 1.89. The van der Waals surface area contributed by atoms with Gasteiger partial charge in [0.25, 0.3) is 0 Å². The third-order valence-electron chi connectivity index (χ3n) is 4.15. The van der Waals surface area contributed by atoms with E-state index in [0.29, 0.717) is 11.3 Å². The lowest BCUT2D eigenvalue weighted by atomic mass is 10.2. The van der Waals surface area contributed by atoms with Gasteiger partial charge in [0.05, 0.1) is 5.39 Å². The van der Waals surface area contributed by atoms with Crippen molar-refractivity contribution in [3.63, 3.8) is 0 Å². The minimum absolute atomic E-state index is 0.497. The Morgan fingerprint density at radius 3 is 2.90 bits per heavy atom. The van der Waals surface area contributed by atoms with Gasteiger partial charge in [-0.25, -0.2) is 4.98 Å². The first-order chi connectivity index (χ1) is 10.1. The van der Waals surface area contributed by atoms with Crippen LogP contribution in [0.15, 0.2) is 6.07 Å². The number of hydrogen-bond acceptors (Lipinski definition) is 6. The van der Waals surface area contributed by atoms with Crippen LogP contribution in [-0.2, 0) is 6.42 Å². The zero-order valence-corrected chi connectivity index (χ0v) is 14.6. The highest BCUT2D eigenvalue weighted by Crippen LogP contribution is 2.36. The molecule has 2 unspecified atom stereocenters. The van der Waals surface area contributed by atoms with Crippen molar-refractivity contribution in [2.24, 2.45) is 0 Å². The van der Waals surface area contributed by atoms with E-state index in [1.807, 2.05) is 7.05 Å². The minimum atomic E-state index is 0.497. The fourth-order valence-electron chi connectivity index (χ4n) is 2.69. The fraction of sp³-hybridized carbons (Fsp3) is 0.600. The Labute approximate surface area is 134 Å². The number of anilines is 2. The van der Waals surface area contributed by atoms with Gasteiger partial charge in [0.15, 0.2) is 0 Å². The van der Waals surface area contributed by atoms with Crippen LogP contribution in [-0.4, -0.2) is 40.6 Å². The van der Waals surface area contributed by atoms with Gasteiger partial charge in [-0.15, -0.1) is 11.3 Å². The van der Waals surface area contributed by atoms with Crippen LogP contribution in [0.4, 0.5) is 11.8 Å². The summed E-state index contributed by atoms with van der Waals surface area (Å²) >= 11 is 3.84. The smallest absolute Gasteiger partial charge is 0.225 e. The van der Waals surface area contributed by atoms with E-state index in [1.54, 1.807) is 11.3 Å². The highest BCUT2D eigenvalue weighted by molar-refractivity contribution is 8.00. The molecule has 0 bridgehead atoms. The molecule has 0 saturated carbocycles. The zero-order valence-electron chi connectivity index (χ0n) is 13.0. The van der Waals surface area contributed by atoms with Gasteiger partial charge in [0.1, 0.15) is 10.6 Å². The molecule has 1 aliphatic heterocycles. The lowest BCUT2D eigenvalue weighted by Gasteiger charge is -2.38. The Morgan fingerprint density at radius 2 is 2.19 bits per heavy atom. The van der Waals surface area contributed by atoms with E-state index in [9.17, 15) is 0 Å². The van der Waals surface area contributed by atoms with Crippen LogP contribution in [0.25, 0.3) is 10.2 Å². The number of aromatic nitrogens is 2. The van der Waals surface area contributed by atoms with Gasteiger partial charge in [-0.2, -0.15) is 16.7 Å². The highest BCUT2D eigenvalue weighted by atomic mass is 32.2. The van der Waals surface area contributed by atoms with Crippen molar-refractivity contribution >= 4 is 45.1 Å². The standard InChI is InChI=1S/C15H22N4S2/c1-5-11-8-12-13(17-15(16-4)18-14(12)21-11)19-6-7-20-10(3)9(19)2/h8-10H,5-7H2,1-4H3,(H,16,17,18). The summed E-state index contributed by atoms with van der Waals surface area (Å²) in [5, 5.41) is 4.95. The first-order valence-corrected chi connectivity index (χ1v) is 9.37. The first kappa shape index (κ1) is 14.9. The van der Waals surface area contributed by atoms with Crippen LogP contribution in [0.2, 0.25) is 0 Å². The molecule has 1 aliphatic rings. The van der Waals surface area contributed by atoms with E-state index >= 15 is 0 Å². The number of rotatable bonds is 3. The monoisotopic (exact) mass is 322 g/mol. The van der Waals surface area contributed by atoms with Crippen molar-refractivity contribution in [1.82, 2.24) is 9.97 Å². The molecule has 114 valence electrons. The third kappa shape index (κ3) is 2.71. The molecule has 3 rings (SSSR count). The van der Waals surface area contributed by atoms with Crippen LogP contribution >= 0.6 is 23.1 Å². The SMILES string of the molecule is CCc1cc2c(N3CCSC(C)C3C)nc(NC)nc2s1. The molecule has 3 heterocycles. The topological polar surface area (TPSA) is 41.1 Å². The molecule has 1 N–H and O–H groups in total. The van der Waals surface area contributed by atoms with Crippen molar-refractivity contribution in [2.75, 3.05) is 29.6 Å². The fourth-order valence-corrected chi connectivity index (χ4v) is 4.75. The van der Waals surface area contributed by atoms with Gasteiger partial charge in [-0.05, 0) is 19.4 Å². The van der Waals surface area contributed by atoms with Crippen LogP contribution < -0.4 is 10.2 Å². The number of nitrogens with zero attached hydrogens (tertiary/aromatic N) is 3. The molecule has 0 amide bonds. The second-order valence-corrected chi connectivity index (χ2v) is 8.02. The van der Waals surface area contributed by atoms with E-state index < -0.39 is 0 Å². The second kappa shape index (κ2) is 6.01. The maximum Gasteiger partial charge on any atom is 0.225 e. The van der Waals surface area contributed by atoms with Gasteiger partial charge in [0.2, 0.25) is 5.95 Å². The van der Waals surface area contributed by atoms with Crippen molar-refractivity contribution in [2.45, 2.75) is 38.5 Å². The highest BCUT2D eigenvalue weighted by Gasteiger charge is 2.28. The number of thioether (sulfide) groups is 1. The molecular formula is C15H22N4S2. The van der Waals surface area contributed by atoms with Crippen LogP contribution in [0, 0.1) is 0 Å². The molecule has 1 fully saturated rings. The average molecular weight is 323 g/mol. The second-order valence-electron chi connectivity index (χ2n) is 5.42. The molecule has 0 radical (unpaired) electrons. The number of hydrogen-bond donors (Lipinski definition) is 1. The Hall–Kier alpha value is -1.01. The maximum absolute atomic E-state index is 4.78. The van der Waals surface area contributed by atoms with Crippen molar-refractivity contribution in [1.29, 1.82) is 0 Å². The van der Waals surface area contributed by atoms with Gasteiger partial charge >= 0.3 is 0 Å². The van der Waals surface area contributed by atoms with Crippen molar-refractivity contribution in [3.05, 3.63) is 10.9 Å². The molecule has 21 heavy (non-hydrogen) atoms. The summed E-state index contributed by atoms with van der Waals surface area (Å²) in [5.74, 6) is 2.98. The van der Waals surface area contributed by atoms with E-state index in [1.165, 1.54) is 10.3 Å². The molecule has 2 aromatic heterocycles. The predicted molar refractivity (Wildman–Crippen MR) is 95.1 cm³/mol. The van der Waals surface area contributed by atoms with Gasteiger partial charge in [0, 0.05) is 35.5 Å².